The molecule has 5 nitrogen and oxygen atoms in total. The van der Waals surface area contributed by atoms with Crippen molar-refractivity contribution in [1.29, 1.82) is 0 Å². The Bertz CT molecular complexity index is 1030. The number of carbonyl (C=O) groups is 1. The number of halogens is 2. The number of nitrogens with one attached hydrogen (secondary N) is 1. The molecule has 2 atom stereocenters. The van der Waals surface area contributed by atoms with Crippen LogP contribution in [0.1, 0.15) is 30.9 Å². The number of sulfonamides is 1. The zero-order valence-corrected chi connectivity index (χ0v) is 18.7. The fourth-order valence-corrected chi connectivity index (χ4v) is 6.84. The SMILES string of the molecule is O=C(NC1CCSc2ccc(F)cc21)C1CCCN1S(=O)(=O)c1ccc(Br)cc1. The molecule has 0 bridgehead atoms. The normalized spacial score (nSPS) is 22.3. The highest BCUT2D eigenvalue weighted by Gasteiger charge is 2.40. The lowest BCUT2D eigenvalue weighted by Crippen LogP contribution is -2.47. The summed E-state index contributed by atoms with van der Waals surface area (Å²) in [5.41, 5.74) is 0.759. The lowest BCUT2D eigenvalue weighted by molar-refractivity contribution is -0.125. The maximum absolute atomic E-state index is 13.7. The van der Waals surface area contributed by atoms with Crippen LogP contribution in [0.25, 0.3) is 0 Å². The standard InChI is InChI=1S/C20H20BrFN2O3S2/c21-13-3-6-15(7-4-13)29(26,27)24-10-1-2-18(24)20(25)23-17-9-11-28-19-8-5-14(22)12-16(17)19/h3-8,12,17-18H,1-2,9-11H2,(H,23,25). The quantitative estimate of drug-likeness (QED) is 0.688. The van der Waals surface area contributed by atoms with Crippen LogP contribution < -0.4 is 5.32 Å². The van der Waals surface area contributed by atoms with E-state index in [2.05, 4.69) is 21.2 Å². The van der Waals surface area contributed by atoms with Gasteiger partial charge in [0.25, 0.3) is 0 Å². The predicted molar refractivity (Wildman–Crippen MR) is 114 cm³/mol. The largest absolute Gasteiger partial charge is 0.348 e. The van der Waals surface area contributed by atoms with E-state index in [1.165, 1.54) is 28.6 Å². The minimum Gasteiger partial charge on any atom is -0.348 e. The number of hydrogen-bond acceptors (Lipinski definition) is 4. The Morgan fingerprint density at radius 3 is 2.69 bits per heavy atom. The van der Waals surface area contributed by atoms with Crippen LogP contribution in [0, 0.1) is 5.82 Å². The second-order valence-corrected chi connectivity index (χ2v) is 11.1. The minimum absolute atomic E-state index is 0.168. The molecule has 0 spiro atoms. The number of amides is 1. The first-order valence-electron chi connectivity index (χ1n) is 9.36. The molecule has 1 amide bonds. The van der Waals surface area contributed by atoms with Crippen molar-refractivity contribution in [2.45, 2.75) is 41.1 Å². The summed E-state index contributed by atoms with van der Waals surface area (Å²) >= 11 is 4.94. The third kappa shape index (κ3) is 4.23. The highest BCUT2D eigenvalue weighted by Crippen LogP contribution is 2.37. The van der Waals surface area contributed by atoms with Gasteiger partial charge in [-0.05, 0) is 67.3 Å². The summed E-state index contributed by atoms with van der Waals surface area (Å²) in [6, 6.07) is 9.94. The summed E-state index contributed by atoms with van der Waals surface area (Å²) in [7, 11) is -3.77. The van der Waals surface area contributed by atoms with Crippen LogP contribution >= 0.6 is 27.7 Å². The first-order chi connectivity index (χ1) is 13.9. The number of nitrogens with zero attached hydrogens (tertiary/aromatic N) is 1. The summed E-state index contributed by atoms with van der Waals surface area (Å²) in [6.07, 6.45) is 1.78. The highest BCUT2D eigenvalue weighted by molar-refractivity contribution is 9.10. The Morgan fingerprint density at radius 1 is 1.17 bits per heavy atom. The van der Waals surface area contributed by atoms with E-state index in [1.54, 1.807) is 30.0 Å². The maximum atomic E-state index is 13.7. The van der Waals surface area contributed by atoms with E-state index in [1.807, 2.05) is 0 Å². The zero-order valence-electron chi connectivity index (χ0n) is 15.5. The van der Waals surface area contributed by atoms with Gasteiger partial charge in [-0.3, -0.25) is 4.79 Å². The van der Waals surface area contributed by atoms with Crippen molar-refractivity contribution in [3.05, 3.63) is 58.3 Å². The average Bonchev–Trinajstić information content (AvgIpc) is 3.20. The van der Waals surface area contributed by atoms with Crippen molar-refractivity contribution in [1.82, 2.24) is 9.62 Å². The van der Waals surface area contributed by atoms with Crippen molar-refractivity contribution < 1.29 is 17.6 Å². The third-order valence-electron chi connectivity index (χ3n) is 5.25. The molecule has 2 heterocycles. The Hall–Kier alpha value is -1.42. The molecule has 2 aromatic rings. The molecule has 1 saturated heterocycles. The molecule has 154 valence electrons. The van der Waals surface area contributed by atoms with Gasteiger partial charge in [0.2, 0.25) is 15.9 Å². The van der Waals surface area contributed by atoms with E-state index < -0.39 is 16.1 Å². The third-order valence-corrected chi connectivity index (χ3v) is 8.83. The van der Waals surface area contributed by atoms with E-state index in [9.17, 15) is 17.6 Å². The van der Waals surface area contributed by atoms with Crippen molar-refractivity contribution in [2.75, 3.05) is 12.3 Å². The van der Waals surface area contributed by atoms with Crippen LogP contribution in [0.15, 0.2) is 56.7 Å². The molecular formula is C20H20BrFN2O3S2. The van der Waals surface area contributed by atoms with Crippen LogP contribution in [-0.4, -0.2) is 37.0 Å². The fraction of sp³-hybridized carbons (Fsp3) is 0.350. The highest BCUT2D eigenvalue weighted by atomic mass is 79.9. The van der Waals surface area contributed by atoms with Gasteiger partial charge >= 0.3 is 0 Å². The molecule has 0 saturated carbocycles. The van der Waals surface area contributed by atoms with E-state index in [0.29, 0.717) is 25.8 Å². The molecule has 0 radical (unpaired) electrons. The van der Waals surface area contributed by atoms with Crippen molar-refractivity contribution in [2.24, 2.45) is 0 Å². The summed E-state index contributed by atoms with van der Waals surface area (Å²) in [4.78, 5) is 14.1. The fourth-order valence-electron chi connectivity index (χ4n) is 3.81. The van der Waals surface area contributed by atoms with Gasteiger partial charge in [-0.15, -0.1) is 11.8 Å². The van der Waals surface area contributed by atoms with Crippen LogP contribution in [0.4, 0.5) is 4.39 Å². The second kappa shape index (κ2) is 8.37. The summed E-state index contributed by atoms with van der Waals surface area (Å²) in [6.45, 7) is 0.308. The Morgan fingerprint density at radius 2 is 1.93 bits per heavy atom. The molecule has 0 aliphatic carbocycles. The smallest absolute Gasteiger partial charge is 0.243 e. The molecular weight excluding hydrogens is 479 g/mol. The Labute approximate surface area is 182 Å². The number of hydrogen-bond donors (Lipinski definition) is 1. The van der Waals surface area contributed by atoms with Crippen LogP contribution in [0.2, 0.25) is 0 Å². The van der Waals surface area contributed by atoms with E-state index >= 15 is 0 Å². The van der Waals surface area contributed by atoms with Gasteiger partial charge in [0.1, 0.15) is 11.9 Å². The number of fused-ring (bicyclic) bond motifs is 1. The van der Waals surface area contributed by atoms with Crippen LogP contribution in [0.5, 0.6) is 0 Å². The minimum atomic E-state index is -3.77. The molecule has 29 heavy (non-hydrogen) atoms. The molecule has 0 aromatic heterocycles. The van der Waals surface area contributed by atoms with Crippen molar-refractivity contribution >= 4 is 43.6 Å². The molecule has 2 aromatic carbocycles. The van der Waals surface area contributed by atoms with E-state index in [-0.39, 0.29) is 22.7 Å². The molecule has 1 N–H and O–H groups in total. The van der Waals surface area contributed by atoms with E-state index in [4.69, 9.17) is 0 Å². The van der Waals surface area contributed by atoms with Gasteiger partial charge in [-0.1, -0.05) is 15.9 Å². The first-order valence-corrected chi connectivity index (χ1v) is 12.6. The summed E-state index contributed by atoms with van der Waals surface area (Å²) in [5.74, 6) is 0.149. The van der Waals surface area contributed by atoms with Gasteiger partial charge < -0.3 is 5.32 Å². The van der Waals surface area contributed by atoms with Gasteiger partial charge in [0, 0.05) is 21.7 Å². The summed E-state index contributed by atoms with van der Waals surface area (Å²) in [5, 5.41) is 2.97. The van der Waals surface area contributed by atoms with Crippen molar-refractivity contribution in [3.63, 3.8) is 0 Å². The van der Waals surface area contributed by atoms with Gasteiger partial charge in [0.15, 0.2) is 0 Å². The van der Waals surface area contributed by atoms with Crippen molar-refractivity contribution in [3.8, 4) is 0 Å². The Kier molecular flexibility index (Phi) is 6.02. The monoisotopic (exact) mass is 498 g/mol. The molecule has 2 unspecified atom stereocenters. The predicted octanol–water partition coefficient (Wildman–Crippen LogP) is 4.09. The summed E-state index contributed by atoms with van der Waals surface area (Å²) < 4.78 is 41.9. The molecule has 2 aliphatic rings. The topological polar surface area (TPSA) is 66.5 Å². The lowest BCUT2D eigenvalue weighted by atomic mass is 10.0. The lowest BCUT2D eigenvalue weighted by Gasteiger charge is -2.29. The Balaban J connectivity index is 1.55. The van der Waals surface area contributed by atoms with Gasteiger partial charge in [-0.2, -0.15) is 4.31 Å². The van der Waals surface area contributed by atoms with Gasteiger partial charge in [-0.25, -0.2) is 12.8 Å². The average molecular weight is 499 g/mol. The zero-order chi connectivity index (χ0) is 20.6. The molecule has 4 rings (SSSR count). The van der Waals surface area contributed by atoms with Crippen LogP contribution in [0.3, 0.4) is 0 Å². The second-order valence-electron chi connectivity index (χ2n) is 7.11. The number of thioether (sulfide) groups is 1. The van der Waals surface area contributed by atoms with E-state index in [0.717, 1.165) is 20.7 Å². The van der Waals surface area contributed by atoms with Gasteiger partial charge in [0.05, 0.1) is 10.9 Å². The molecule has 9 heteroatoms. The molecule has 1 fully saturated rings. The first kappa shape index (κ1) is 20.8. The number of carbonyl (C=O) groups excluding carboxylic acids is 1. The van der Waals surface area contributed by atoms with Crippen LogP contribution in [-0.2, 0) is 14.8 Å². The molecule has 2 aliphatic heterocycles. The maximum Gasteiger partial charge on any atom is 0.243 e. The number of benzene rings is 2. The number of rotatable bonds is 4.